The molecule has 15 heavy (non-hydrogen) atoms. The number of urea groups is 1. The summed E-state index contributed by atoms with van der Waals surface area (Å²) in [5, 5.41) is 7.00. The van der Waals surface area contributed by atoms with Gasteiger partial charge in [0, 0.05) is 7.11 Å². The molecule has 0 atom stereocenters. The van der Waals surface area contributed by atoms with Crippen LogP contribution in [0.4, 0.5) is 22.6 Å². The molecule has 0 aliphatic rings. The number of hydrogen-bond acceptors (Lipinski definition) is 8. The predicted molar refractivity (Wildman–Crippen MR) is 55.0 cm³/mol. The van der Waals surface area contributed by atoms with Gasteiger partial charge >= 0.3 is 6.03 Å². The second-order valence-electron chi connectivity index (χ2n) is 1.81. The largest absolute Gasteiger partial charge is 0.400 e. The number of anilines is 3. The highest BCUT2D eigenvalue weighted by atomic mass is 16.2. The van der Waals surface area contributed by atoms with E-state index in [0.29, 0.717) is 0 Å². The Morgan fingerprint density at radius 3 is 1.20 bits per heavy atom. The number of nitrogen functional groups attached to an aromatic ring is 3. The Morgan fingerprint density at radius 1 is 0.933 bits per heavy atom. The van der Waals surface area contributed by atoms with Gasteiger partial charge < -0.3 is 33.8 Å². The quantitative estimate of drug-likeness (QED) is 0.268. The first kappa shape index (κ1) is 15.1. The molecule has 0 unspecified atom stereocenters. The molecule has 0 saturated carbocycles. The molecule has 1 aromatic heterocycles. The zero-order valence-corrected chi connectivity index (χ0v) is 8.08. The molecular formula is C5H14N8O2. The first-order valence-electron chi connectivity index (χ1n) is 3.44. The van der Waals surface area contributed by atoms with Crippen molar-refractivity contribution in [1.29, 1.82) is 0 Å². The third-order valence-electron chi connectivity index (χ3n) is 0.687. The van der Waals surface area contributed by atoms with Crippen LogP contribution >= 0.6 is 0 Å². The average Bonchev–Trinajstić information content (AvgIpc) is 2.03. The van der Waals surface area contributed by atoms with E-state index < -0.39 is 6.03 Å². The second kappa shape index (κ2) is 8.25. The standard InChI is InChI=1S/C3H6N6.CH4N2O.CH4O/c4-1-7-2(5)9-3(6)8-1;2-1(3)4;1-2/h(H6,4,5,6,7,8,9);(H4,2,3,4);2H,1H3. The normalized spacial score (nSPS) is 7.60. The highest BCUT2D eigenvalue weighted by Crippen LogP contribution is 1.97. The van der Waals surface area contributed by atoms with Gasteiger partial charge in [0.05, 0.1) is 0 Å². The third kappa shape index (κ3) is 11.6. The van der Waals surface area contributed by atoms with Crippen LogP contribution in [0.3, 0.4) is 0 Å². The van der Waals surface area contributed by atoms with Gasteiger partial charge in [-0.1, -0.05) is 0 Å². The van der Waals surface area contributed by atoms with Crippen molar-refractivity contribution in [3.8, 4) is 0 Å². The zero-order chi connectivity index (χ0) is 12.4. The molecule has 0 aliphatic heterocycles. The van der Waals surface area contributed by atoms with Crippen LogP contribution in [0.25, 0.3) is 0 Å². The van der Waals surface area contributed by atoms with Crippen molar-refractivity contribution < 1.29 is 9.90 Å². The summed E-state index contributed by atoms with van der Waals surface area (Å²) in [6.07, 6.45) is 0. The summed E-state index contributed by atoms with van der Waals surface area (Å²) >= 11 is 0. The van der Waals surface area contributed by atoms with Gasteiger partial charge in [-0.05, 0) is 0 Å². The molecule has 0 radical (unpaired) electrons. The van der Waals surface area contributed by atoms with Gasteiger partial charge in [0.25, 0.3) is 0 Å². The zero-order valence-electron chi connectivity index (χ0n) is 8.08. The van der Waals surface area contributed by atoms with Crippen LogP contribution in [0, 0.1) is 0 Å². The molecule has 0 aliphatic carbocycles. The number of rotatable bonds is 0. The molecule has 0 aromatic carbocycles. The summed E-state index contributed by atoms with van der Waals surface area (Å²) in [6, 6.07) is -0.833. The summed E-state index contributed by atoms with van der Waals surface area (Å²) < 4.78 is 0. The van der Waals surface area contributed by atoms with Gasteiger partial charge in [-0.2, -0.15) is 15.0 Å². The van der Waals surface area contributed by atoms with Gasteiger partial charge in [-0.3, -0.25) is 0 Å². The van der Waals surface area contributed by atoms with Crippen LogP contribution in [-0.4, -0.2) is 33.2 Å². The molecule has 0 fully saturated rings. The van der Waals surface area contributed by atoms with Crippen LogP contribution in [0.15, 0.2) is 0 Å². The fourth-order valence-corrected chi connectivity index (χ4v) is 0.427. The molecule has 0 spiro atoms. The summed E-state index contributed by atoms with van der Waals surface area (Å²) in [5.74, 6) is 0.125. The molecule has 1 rings (SSSR count). The lowest BCUT2D eigenvalue weighted by Gasteiger charge is -1.93. The number of aromatic nitrogens is 3. The molecular weight excluding hydrogens is 204 g/mol. The highest BCUT2D eigenvalue weighted by molar-refractivity contribution is 5.69. The van der Waals surface area contributed by atoms with Gasteiger partial charge in [0.15, 0.2) is 0 Å². The molecule has 0 saturated heterocycles. The number of nitrogens with two attached hydrogens (primary N) is 5. The van der Waals surface area contributed by atoms with E-state index in [1.807, 2.05) is 0 Å². The van der Waals surface area contributed by atoms with Crippen LogP contribution in [0.5, 0.6) is 0 Å². The maximum absolute atomic E-state index is 9.00. The lowest BCUT2D eigenvalue weighted by atomic mass is 10.9. The monoisotopic (exact) mass is 218 g/mol. The van der Waals surface area contributed by atoms with Crippen molar-refractivity contribution in [2.24, 2.45) is 11.5 Å². The van der Waals surface area contributed by atoms with E-state index in [4.69, 9.17) is 27.1 Å². The van der Waals surface area contributed by atoms with Crippen molar-refractivity contribution in [1.82, 2.24) is 15.0 Å². The minimum atomic E-state index is -0.833. The summed E-state index contributed by atoms with van der Waals surface area (Å²) in [4.78, 5) is 19.5. The molecule has 10 heteroatoms. The number of nitrogens with zero attached hydrogens (tertiary/aromatic N) is 3. The average molecular weight is 218 g/mol. The van der Waals surface area contributed by atoms with Gasteiger partial charge in [-0.15, -0.1) is 0 Å². The molecule has 86 valence electrons. The Labute approximate surface area is 85.5 Å². The summed E-state index contributed by atoms with van der Waals surface area (Å²) in [7, 11) is 1.00. The van der Waals surface area contributed by atoms with E-state index >= 15 is 0 Å². The van der Waals surface area contributed by atoms with E-state index in [9.17, 15) is 0 Å². The van der Waals surface area contributed by atoms with Crippen molar-refractivity contribution >= 4 is 23.9 Å². The van der Waals surface area contributed by atoms with E-state index in [0.717, 1.165) is 7.11 Å². The maximum Gasteiger partial charge on any atom is 0.309 e. The fraction of sp³-hybridized carbons (Fsp3) is 0.200. The predicted octanol–water partition coefficient (Wildman–Crippen LogP) is -2.75. The summed E-state index contributed by atoms with van der Waals surface area (Å²) in [5.41, 5.74) is 23.9. The van der Waals surface area contributed by atoms with Crippen LogP contribution < -0.4 is 28.7 Å². The van der Waals surface area contributed by atoms with Gasteiger partial charge in [0.1, 0.15) is 0 Å². The molecule has 1 aromatic rings. The number of aliphatic hydroxyl groups is 1. The lowest BCUT2D eigenvalue weighted by Crippen LogP contribution is -2.18. The van der Waals surface area contributed by atoms with E-state index in [1.54, 1.807) is 0 Å². The van der Waals surface area contributed by atoms with E-state index in [1.165, 1.54) is 0 Å². The Balaban J connectivity index is 0. The number of carbonyl (C=O) groups excluding carboxylic acids is 1. The van der Waals surface area contributed by atoms with Crippen LogP contribution in [-0.2, 0) is 0 Å². The maximum atomic E-state index is 9.00. The molecule has 10 nitrogen and oxygen atoms in total. The number of primary amides is 2. The number of amides is 2. The second-order valence-corrected chi connectivity index (χ2v) is 1.81. The molecule has 2 amide bonds. The topological polar surface area (TPSA) is 206 Å². The lowest BCUT2D eigenvalue weighted by molar-refractivity contribution is 0.256. The first-order chi connectivity index (χ1) is 6.91. The minimum Gasteiger partial charge on any atom is -0.400 e. The molecule has 0 bridgehead atoms. The smallest absolute Gasteiger partial charge is 0.309 e. The van der Waals surface area contributed by atoms with Crippen molar-refractivity contribution in [3.63, 3.8) is 0 Å². The van der Waals surface area contributed by atoms with Crippen molar-refractivity contribution in [3.05, 3.63) is 0 Å². The number of hydrogen-bond donors (Lipinski definition) is 6. The van der Waals surface area contributed by atoms with Gasteiger partial charge in [-0.25, -0.2) is 4.79 Å². The SMILES string of the molecule is CO.NC(N)=O.Nc1nc(N)nc(N)n1. The minimum absolute atomic E-state index is 0.0417. The van der Waals surface area contributed by atoms with Crippen LogP contribution in [0.1, 0.15) is 0 Å². The Kier molecular flexibility index (Phi) is 8.32. The first-order valence-corrected chi connectivity index (χ1v) is 3.44. The van der Waals surface area contributed by atoms with E-state index in [2.05, 4.69) is 26.4 Å². The number of carbonyl (C=O) groups is 1. The van der Waals surface area contributed by atoms with E-state index in [-0.39, 0.29) is 17.8 Å². The van der Waals surface area contributed by atoms with Gasteiger partial charge in [0.2, 0.25) is 17.8 Å². The Hall–Kier alpha value is -2.36. The Bertz CT molecular complexity index is 249. The number of aliphatic hydroxyl groups excluding tert-OH is 1. The molecule has 1 heterocycles. The highest BCUT2D eigenvalue weighted by Gasteiger charge is 1.93. The van der Waals surface area contributed by atoms with Crippen molar-refractivity contribution in [2.75, 3.05) is 24.3 Å². The molecule has 11 N–H and O–H groups in total. The third-order valence-corrected chi connectivity index (χ3v) is 0.687. The Morgan fingerprint density at radius 2 is 1.07 bits per heavy atom. The summed E-state index contributed by atoms with van der Waals surface area (Å²) in [6.45, 7) is 0. The van der Waals surface area contributed by atoms with Crippen molar-refractivity contribution in [2.45, 2.75) is 0 Å². The fourth-order valence-electron chi connectivity index (χ4n) is 0.427. The van der Waals surface area contributed by atoms with Crippen LogP contribution in [0.2, 0.25) is 0 Å².